The predicted octanol–water partition coefficient (Wildman–Crippen LogP) is 5.25. The number of ether oxygens (including phenoxy) is 1. The summed E-state index contributed by atoms with van der Waals surface area (Å²) in [5.74, 6) is 0.639. The molecule has 0 spiro atoms. The number of amides is 1. The van der Waals surface area contributed by atoms with Gasteiger partial charge in [-0.15, -0.1) is 0 Å². The summed E-state index contributed by atoms with van der Waals surface area (Å²) in [4.78, 5) is 12.8. The molecule has 1 atom stereocenters. The van der Waals surface area contributed by atoms with Gasteiger partial charge in [-0.3, -0.25) is 4.79 Å². The van der Waals surface area contributed by atoms with Gasteiger partial charge in [0.25, 0.3) is 5.91 Å². The standard InChI is InChI=1S/C22H23NO2/c1-4-20(25-21-14-15(2)12-13-16(21)3)22(24)23-19-11-7-9-17-8-5-6-10-18(17)19/h5-14,20H,4H2,1-3H3,(H,23,24). The van der Waals surface area contributed by atoms with Gasteiger partial charge in [0.15, 0.2) is 6.10 Å². The molecule has 0 saturated heterocycles. The van der Waals surface area contributed by atoms with Gasteiger partial charge in [-0.1, -0.05) is 55.5 Å². The Kier molecular flexibility index (Phi) is 5.03. The van der Waals surface area contributed by atoms with Crippen LogP contribution in [0.3, 0.4) is 0 Å². The maximum atomic E-state index is 12.8. The highest BCUT2D eigenvalue weighted by Crippen LogP contribution is 2.25. The lowest BCUT2D eigenvalue weighted by atomic mass is 10.1. The number of hydrogen-bond donors (Lipinski definition) is 1. The average Bonchev–Trinajstić information content (AvgIpc) is 2.62. The maximum absolute atomic E-state index is 12.8. The first-order chi connectivity index (χ1) is 12.1. The van der Waals surface area contributed by atoms with E-state index >= 15 is 0 Å². The fourth-order valence-electron chi connectivity index (χ4n) is 2.86. The van der Waals surface area contributed by atoms with Gasteiger partial charge in [-0.25, -0.2) is 0 Å². The van der Waals surface area contributed by atoms with Crippen LogP contribution in [0.5, 0.6) is 5.75 Å². The van der Waals surface area contributed by atoms with Crippen molar-refractivity contribution in [2.45, 2.75) is 33.3 Å². The van der Waals surface area contributed by atoms with E-state index in [1.165, 1.54) is 0 Å². The lowest BCUT2D eigenvalue weighted by molar-refractivity contribution is -0.122. The van der Waals surface area contributed by atoms with E-state index in [0.717, 1.165) is 33.3 Å². The fraction of sp³-hybridized carbons (Fsp3) is 0.227. The Hall–Kier alpha value is -2.81. The summed E-state index contributed by atoms with van der Waals surface area (Å²) in [7, 11) is 0. The molecule has 0 saturated carbocycles. The Morgan fingerprint density at radius 1 is 1.04 bits per heavy atom. The van der Waals surface area contributed by atoms with Crippen LogP contribution in [0.15, 0.2) is 60.7 Å². The quantitative estimate of drug-likeness (QED) is 0.692. The van der Waals surface area contributed by atoms with Gasteiger partial charge in [0.1, 0.15) is 5.75 Å². The van der Waals surface area contributed by atoms with Crippen LogP contribution in [0.2, 0.25) is 0 Å². The van der Waals surface area contributed by atoms with E-state index < -0.39 is 6.10 Å². The van der Waals surface area contributed by atoms with Crippen LogP contribution in [-0.2, 0) is 4.79 Å². The molecule has 0 radical (unpaired) electrons. The van der Waals surface area contributed by atoms with Gasteiger partial charge in [-0.05, 0) is 48.9 Å². The van der Waals surface area contributed by atoms with Crippen LogP contribution >= 0.6 is 0 Å². The van der Waals surface area contributed by atoms with Crippen molar-refractivity contribution >= 4 is 22.4 Å². The van der Waals surface area contributed by atoms with E-state index in [4.69, 9.17) is 4.74 Å². The largest absolute Gasteiger partial charge is 0.480 e. The molecule has 1 N–H and O–H groups in total. The van der Waals surface area contributed by atoms with Crippen molar-refractivity contribution in [1.29, 1.82) is 0 Å². The number of fused-ring (bicyclic) bond motifs is 1. The normalized spacial score (nSPS) is 12.0. The molecule has 0 heterocycles. The van der Waals surface area contributed by atoms with E-state index in [-0.39, 0.29) is 5.91 Å². The van der Waals surface area contributed by atoms with Gasteiger partial charge in [0, 0.05) is 11.1 Å². The minimum atomic E-state index is -0.528. The van der Waals surface area contributed by atoms with Crippen molar-refractivity contribution in [3.05, 3.63) is 71.8 Å². The molecule has 3 aromatic carbocycles. The molecule has 3 rings (SSSR count). The molecule has 0 bridgehead atoms. The van der Waals surface area contributed by atoms with Crippen LogP contribution in [0.4, 0.5) is 5.69 Å². The number of anilines is 1. The number of carbonyl (C=O) groups is 1. The number of benzene rings is 3. The molecule has 25 heavy (non-hydrogen) atoms. The summed E-state index contributed by atoms with van der Waals surface area (Å²) >= 11 is 0. The zero-order valence-electron chi connectivity index (χ0n) is 14.9. The highest BCUT2D eigenvalue weighted by atomic mass is 16.5. The number of aryl methyl sites for hydroxylation is 2. The molecule has 0 aliphatic rings. The molecule has 3 nitrogen and oxygen atoms in total. The SMILES string of the molecule is CCC(Oc1cc(C)ccc1C)C(=O)Nc1cccc2ccccc12. The second kappa shape index (κ2) is 7.39. The molecule has 1 unspecified atom stereocenters. The third kappa shape index (κ3) is 3.82. The van der Waals surface area contributed by atoms with Crippen molar-refractivity contribution < 1.29 is 9.53 Å². The van der Waals surface area contributed by atoms with Crippen LogP contribution < -0.4 is 10.1 Å². The molecule has 0 aliphatic heterocycles. The molecule has 3 aromatic rings. The molecule has 0 aromatic heterocycles. The van der Waals surface area contributed by atoms with Gasteiger partial charge < -0.3 is 10.1 Å². The first-order valence-corrected chi connectivity index (χ1v) is 8.61. The third-order valence-electron chi connectivity index (χ3n) is 4.32. The van der Waals surface area contributed by atoms with E-state index in [0.29, 0.717) is 6.42 Å². The van der Waals surface area contributed by atoms with Gasteiger partial charge >= 0.3 is 0 Å². The van der Waals surface area contributed by atoms with E-state index in [1.54, 1.807) is 0 Å². The Morgan fingerprint density at radius 2 is 1.80 bits per heavy atom. The van der Waals surface area contributed by atoms with Crippen molar-refractivity contribution in [3.63, 3.8) is 0 Å². The van der Waals surface area contributed by atoms with Crippen molar-refractivity contribution in [2.75, 3.05) is 5.32 Å². The van der Waals surface area contributed by atoms with Gasteiger partial charge in [-0.2, -0.15) is 0 Å². The summed E-state index contributed by atoms with van der Waals surface area (Å²) in [6.07, 6.45) is 0.0729. The smallest absolute Gasteiger partial charge is 0.265 e. The highest BCUT2D eigenvalue weighted by Gasteiger charge is 2.20. The molecular formula is C22H23NO2. The zero-order valence-corrected chi connectivity index (χ0v) is 14.9. The zero-order chi connectivity index (χ0) is 17.8. The van der Waals surface area contributed by atoms with E-state index in [1.807, 2.05) is 81.4 Å². The van der Waals surface area contributed by atoms with Crippen molar-refractivity contribution in [1.82, 2.24) is 0 Å². The summed E-state index contributed by atoms with van der Waals surface area (Å²) in [6.45, 7) is 5.96. The monoisotopic (exact) mass is 333 g/mol. The predicted molar refractivity (Wildman–Crippen MR) is 103 cm³/mol. The topological polar surface area (TPSA) is 38.3 Å². The van der Waals surface area contributed by atoms with Crippen LogP contribution in [-0.4, -0.2) is 12.0 Å². The number of hydrogen-bond acceptors (Lipinski definition) is 2. The molecule has 0 fully saturated rings. The highest BCUT2D eigenvalue weighted by molar-refractivity contribution is 6.03. The van der Waals surface area contributed by atoms with Crippen molar-refractivity contribution in [3.8, 4) is 5.75 Å². The Labute approximate surface area is 148 Å². The minimum Gasteiger partial charge on any atom is -0.480 e. The van der Waals surface area contributed by atoms with Crippen LogP contribution in [0.1, 0.15) is 24.5 Å². The van der Waals surface area contributed by atoms with E-state index in [9.17, 15) is 4.79 Å². The van der Waals surface area contributed by atoms with Crippen LogP contribution in [0, 0.1) is 13.8 Å². The summed E-state index contributed by atoms with van der Waals surface area (Å²) in [5.41, 5.74) is 2.96. The second-order valence-electron chi connectivity index (χ2n) is 6.30. The number of rotatable bonds is 5. The van der Waals surface area contributed by atoms with Gasteiger partial charge in [0.2, 0.25) is 0 Å². The molecule has 1 amide bonds. The Bertz CT molecular complexity index is 896. The Morgan fingerprint density at radius 3 is 2.60 bits per heavy atom. The summed E-state index contributed by atoms with van der Waals surface area (Å²) in [6, 6.07) is 20.0. The summed E-state index contributed by atoms with van der Waals surface area (Å²) < 4.78 is 6.01. The summed E-state index contributed by atoms with van der Waals surface area (Å²) in [5, 5.41) is 5.15. The van der Waals surface area contributed by atoms with Crippen molar-refractivity contribution in [2.24, 2.45) is 0 Å². The first kappa shape index (κ1) is 17.0. The molecule has 128 valence electrons. The average molecular weight is 333 g/mol. The molecular weight excluding hydrogens is 310 g/mol. The van der Waals surface area contributed by atoms with Crippen LogP contribution in [0.25, 0.3) is 10.8 Å². The first-order valence-electron chi connectivity index (χ1n) is 8.61. The maximum Gasteiger partial charge on any atom is 0.265 e. The third-order valence-corrected chi connectivity index (χ3v) is 4.32. The number of carbonyl (C=O) groups excluding carboxylic acids is 1. The van der Waals surface area contributed by atoms with E-state index in [2.05, 4.69) is 5.32 Å². The number of nitrogens with one attached hydrogen (secondary N) is 1. The lowest BCUT2D eigenvalue weighted by Crippen LogP contribution is -2.32. The molecule has 0 aliphatic carbocycles. The lowest BCUT2D eigenvalue weighted by Gasteiger charge is -2.19. The molecule has 3 heteroatoms. The fourth-order valence-corrected chi connectivity index (χ4v) is 2.86. The second-order valence-corrected chi connectivity index (χ2v) is 6.30. The Balaban J connectivity index is 1.81. The minimum absolute atomic E-state index is 0.125. The van der Waals surface area contributed by atoms with Gasteiger partial charge in [0.05, 0.1) is 0 Å².